The van der Waals surface area contributed by atoms with Crippen molar-refractivity contribution in [2.45, 2.75) is 0 Å². The lowest BCUT2D eigenvalue weighted by Gasteiger charge is -2.12. The van der Waals surface area contributed by atoms with E-state index in [0.717, 1.165) is 28.4 Å². The lowest BCUT2D eigenvalue weighted by molar-refractivity contribution is 0.531. The molecule has 0 fully saturated rings. The van der Waals surface area contributed by atoms with Crippen LogP contribution >= 0.6 is 0 Å². The lowest BCUT2D eigenvalue weighted by atomic mass is 10.0. The summed E-state index contributed by atoms with van der Waals surface area (Å²) in [6.07, 6.45) is 0. The van der Waals surface area contributed by atoms with Crippen molar-refractivity contribution in [2.75, 3.05) is 13.6 Å². The molecule has 1 heterocycles. The molecule has 2 N–H and O–H groups in total. The highest BCUT2D eigenvalue weighted by atomic mass is 15.4. The molecule has 0 saturated carbocycles. The first kappa shape index (κ1) is 12.6. The molecule has 2 aromatic carbocycles. The van der Waals surface area contributed by atoms with Gasteiger partial charge in [-0.15, -0.1) is 0 Å². The van der Waals surface area contributed by atoms with Crippen LogP contribution in [0.3, 0.4) is 0 Å². The van der Waals surface area contributed by atoms with Gasteiger partial charge in [-0.25, -0.2) is 10.8 Å². The van der Waals surface area contributed by atoms with E-state index in [1.807, 2.05) is 42.5 Å². The van der Waals surface area contributed by atoms with Gasteiger partial charge in [0.15, 0.2) is 0 Å². The minimum Gasteiger partial charge on any atom is -0.300 e. The molecule has 0 spiro atoms. The predicted molar refractivity (Wildman–Crippen MR) is 82.4 cm³/mol. The Balaban J connectivity index is 2.15. The number of hydrazine groups is 1. The maximum absolute atomic E-state index is 5.81. The van der Waals surface area contributed by atoms with Gasteiger partial charge in [0, 0.05) is 18.2 Å². The minimum absolute atomic E-state index is 0.478. The third-order valence-electron chi connectivity index (χ3n) is 3.24. The minimum atomic E-state index is 0.478. The van der Waals surface area contributed by atoms with E-state index in [4.69, 9.17) is 10.8 Å². The van der Waals surface area contributed by atoms with E-state index in [1.165, 1.54) is 5.01 Å². The van der Waals surface area contributed by atoms with Gasteiger partial charge in [-0.2, -0.15) is 0 Å². The zero-order valence-corrected chi connectivity index (χ0v) is 11.3. The number of nitrogens with two attached hydrogens (primary N) is 1. The molecule has 100 valence electrons. The molecule has 0 unspecified atom stereocenters. The van der Waals surface area contributed by atoms with Gasteiger partial charge in [-0.1, -0.05) is 48.5 Å². The lowest BCUT2D eigenvalue weighted by Crippen LogP contribution is -2.34. The van der Waals surface area contributed by atoms with Gasteiger partial charge in [0.1, 0.15) is 5.84 Å². The van der Waals surface area contributed by atoms with Crippen LogP contribution in [0.4, 0.5) is 5.69 Å². The van der Waals surface area contributed by atoms with E-state index < -0.39 is 0 Å². The maximum Gasteiger partial charge on any atom is 0.140 e. The molecule has 0 aromatic heterocycles. The second-order valence-corrected chi connectivity index (χ2v) is 4.69. The number of aliphatic imine (C=N–C) groups is 2. The normalized spacial score (nSPS) is 13.9. The van der Waals surface area contributed by atoms with E-state index in [2.05, 4.69) is 17.1 Å². The van der Waals surface area contributed by atoms with Crippen LogP contribution in [0.1, 0.15) is 11.1 Å². The van der Waals surface area contributed by atoms with Gasteiger partial charge < -0.3 is 0 Å². The Labute approximate surface area is 118 Å². The molecule has 0 radical (unpaired) electrons. The van der Waals surface area contributed by atoms with Crippen molar-refractivity contribution in [2.24, 2.45) is 15.8 Å². The molecule has 0 bridgehead atoms. The van der Waals surface area contributed by atoms with Crippen molar-refractivity contribution in [1.29, 1.82) is 0 Å². The molecule has 4 nitrogen and oxygen atoms in total. The van der Waals surface area contributed by atoms with Crippen molar-refractivity contribution in [3.8, 4) is 0 Å². The Morgan fingerprint density at radius 1 is 1.00 bits per heavy atom. The smallest absolute Gasteiger partial charge is 0.140 e. The molecule has 0 atom stereocenters. The van der Waals surface area contributed by atoms with Crippen LogP contribution in [0.15, 0.2) is 64.6 Å². The molecule has 4 heteroatoms. The first-order chi connectivity index (χ1) is 9.75. The van der Waals surface area contributed by atoms with E-state index in [9.17, 15) is 0 Å². The molecule has 1 aliphatic rings. The molecule has 20 heavy (non-hydrogen) atoms. The van der Waals surface area contributed by atoms with Gasteiger partial charge in [0.05, 0.1) is 17.9 Å². The van der Waals surface area contributed by atoms with Crippen LogP contribution in [0.2, 0.25) is 0 Å². The molecule has 0 saturated heterocycles. The number of rotatable bonds is 1. The van der Waals surface area contributed by atoms with Crippen molar-refractivity contribution in [3.05, 3.63) is 65.7 Å². The second-order valence-electron chi connectivity index (χ2n) is 4.69. The number of amidine groups is 1. The number of likely N-dealkylation sites (N-methyl/N-ethyl adjacent to an activating group) is 1. The van der Waals surface area contributed by atoms with Crippen molar-refractivity contribution >= 4 is 17.2 Å². The summed E-state index contributed by atoms with van der Waals surface area (Å²) < 4.78 is 0. The van der Waals surface area contributed by atoms with Crippen molar-refractivity contribution < 1.29 is 0 Å². The van der Waals surface area contributed by atoms with Crippen molar-refractivity contribution in [1.82, 2.24) is 5.01 Å². The van der Waals surface area contributed by atoms with Crippen LogP contribution < -0.4 is 5.84 Å². The summed E-state index contributed by atoms with van der Waals surface area (Å²) in [4.78, 5) is 9.32. The van der Waals surface area contributed by atoms with E-state index in [-0.39, 0.29) is 0 Å². The highest BCUT2D eigenvalue weighted by Gasteiger charge is 2.16. The second kappa shape index (κ2) is 5.27. The Kier molecular flexibility index (Phi) is 3.31. The third kappa shape index (κ3) is 2.33. The molecule has 0 amide bonds. The Hall–Kier alpha value is -2.46. The number of fused-ring (bicyclic) bond motifs is 1. The third-order valence-corrected chi connectivity index (χ3v) is 3.24. The highest BCUT2D eigenvalue weighted by Crippen LogP contribution is 2.25. The predicted octanol–water partition coefficient (Wildman–Crippen LogP) is 2.37. The summed E-state index contributed by atoms with van der Waals surface area (Å²) in [7, 11) is 1.78. The summed E-state index contributed by atoms with van der Waals surface area (Å²) in [5, 5.41) is 1.52. The van der Waals surface area contributed by atoms with E-state index >= 15 is 0 Å². The largest absolute Gasteiger partial charge is 0.300 e. The Morgan fingerprint density at radius 2 is 1.70 bits per heavy atom. The quantitative estimate of drug-likeness (QED) is 0.635. The first-order valence-corrected chi connectivity index (χ1v) is 6.51. The molecule has 3 rings (SSSR count). The summed E-state index contributed by atoms with van der Waals surface area (Å²) in [6.45, 7) is 0.478. The van der Waals surface area contributed by atoms with Gasteiger partial charge in [-0.3, -0.25) is 10.0 Å². The fraction of sp³-hybridized carbons (Fsp3) is 0.125. The Morgan fingerprint density at radius 3 is 2.45 bits per heavy atom. The zero-order valence-electron chi connectivity index (χ0n) is 11.3. The Bertz CT molecular complexity index is 672. The summed E-state index contributed by atoms with van der Waals surface area (Å²) in [5.41, 5.74) is 3.99. The monoisotopic (exact) mass is 264 g/mol. The average Bonchev–Trinajstić information content (AvgIpc) is 2.68. The molecule has 1 aliphatic heterocycles. The molecular formula is C16H16N4. The zero-order chi connectivity index (χ0) is 13.9. The highest BCUT2D eigenvalue weighted by molar-refractivity contribution is 6.17. The van der Waals surface area contributed by atoms with Gasteiger partial charge >= 0.3 is 0 Å². The van der Waals surface area contributed by atoms with E-state index in [0.29, 0.717) is 6.54 Å². The SMILES string of the molecule is CN(N)C1=Nc2ccccc2C(c2ccccc2)=NC1. The molecule has 2 aromatic rings. The van der Waals surface area contributed by atoms with Gasteiger partial charge in [0.25, 0.3) is 0 Å². The van der Waals surface area contributed by atoms with Crippen LogP contribution in [0.25, 0.3) is 0 Å². The summed E-state index contributed by atoms with van der Waals surface area (Å²) >= 11 is 0. The fourth-order valence-electron chi connectivity index (χ4n) is 2.21. The van der Waals surface area contributed by atoms with Crippen LogP contribution in [0, 0.1) is 0 Å². The van der Waals surface area contributed by atoms with E-state index in [1.54, 1.807) is 7.05 Å². The summed E-state index contributed by atoms with van der Waals surface area (Å²) in [6, 6.07) is 18.2. The first-order valence-electron chi connectivity index (χ1n) is 6.51. The number of hydrogen-bond donors (Lipinski definition) is 1. The topological polar surface area (TPSA) is 54.0 Å². The number of hydrogen-bond acceptors (Lipinski definition) is 4. The molecule has 0 aliphatic carbocycles. The summed E-state index contributed by atoms with van der Waals surface area (Å²) in [5.74, 6) is 6.56. The fourth-order valence-corrected chi connectivity index (χ4v) is 2.21. The number of nitrogens with zero attached hydrogens (tertiary/aromatic N) is 3. The number of para-hydroxylation sites is 1. The van der Waals surface area contributed by atoms with Crippen LogP contribution in [0.5, 0.6) is 0 Å². The van der Waals surface area contributed by atoms with Gasteiger partial charge in [0.2, 0.25) is 0 Å². The molecular weight excluding hydrogens is 248 g/mol. The standard InChI is InChI=1S/C16H16N4/c1-20(17)15-11-18-16(12-7-3-2-4-8-12)13-9-5-6-10-14(13)19-15/h2-10H,11,17H2,1H3. The van der Waals surface area contributed by atoms with Gasteiger partial charge in [-0.05, 0) is 6.07 Å². The average molecular weight is 264 g/mol. The van der Waals surface area contributed by atoms with Crippen LogP contribution in [-0.2, 0) is 0 Å². The van der Waals surface area contributed by atoms with Crippen LogP contribution in [-0.4, -0.2) is 30.1 Å². The van der Waals surface area contributed by atoms with Crippen molar-refractivity contribution in [3.63, 3.8) is 0 Å². The number of benzene rings is 2. The maximum atomic E-state index is 5.81.